The summed E-state index contributed by atoms with van der Waals surface area (Å²) in [6, 6.07) is 15.2. The van der Waals surface area contributed by atoms with Gasteiger partial charge in [-0.3, -0.25) is 4.90 Å². The van der Waals surface area contributed by atoms with Crippen LogP contribution in [0.5, 0.6) is 5.75 Å². The first-order chi connectivity index (χ1) is 11.7. The average Bonchev–Trinajstić information content (AvgIpc) is 2.64. The third kappa shape index (κ3) is 4.48. The fraction of sp³-hybridized carbons (Fsp3) is 0.400. The van der Waals surface area contributed by atoms with Gasteiger partial charge in [-0.15, -0.1) is 0 Å². The van der Waals surface area contributed by atoms with Crippen molar-refractivity contribution in [3.05, 3.63) is 59.9 Å². The summed E-state index contributed by atoms with van der Waals surface area (Å²) in [7, 11) is 1.69. The van der Waals surface area contributed by atoms with E-state index in [1.54, 1.807) is 19.2 Å². The van der Waals surface area contributed by atoms with E-state index in [2.05, 4.69) is 21.9 Å². The number of nitrogens with zero attached hydrogens (tertiary/aromatic N) is 2. The van der Waals surface area contributed by atoms with E-state index in [-0.39, 0.29) is 5.82 Å². The number of hydrogen-bond donors (Lipinski definition) is 0. The minimum atomic E-state index is -0.159. The number of piperazine rings is 1. The standard InChI is InChI=1S/C20H25FN2O/c1-24-20-10-8-19(9-11-20)23-15-13-22(14-16-23)12-2-3-17-4-6-18(21)7-5-17/h4-11H,2-3,12-16H2,1H3. The molecule has 2 aromatic rings. The highest BCUT2D eigenvalue weighted by molar-refractivity contribution is 5.49. The number of aryl methyl sites for hydroxylation is 1. The lowest BCUT2D eigenvalue weighted by Crippen LogP contribution is -2.46. The highest BCUT2D eigenvalue weighted by atomic mass is 19.1. The normalized spacial score (nSPS) is 15.5. The van der Waals surface area contributed by atoms with Crippen LogP contribution in [0.1, 0.15) is 12.0 Å². The van der Waals surface area contributed by atoms with Crippen molar-refractivity contribution in [2.24, 2.45) is 0 Å². The minimum absolute atomic E-state index is 0.159. The molecule has 0 amide bonds. The molecule has 128 valence electrons. The smallest absolute Gasteiger partial charge is 0.123 e. The van der Waals surface area contributed by atoms with Crippen LogP contribution in [0.2, 0.25) is 0 Å². The lowest BCUT2D eigenvalue weighted by atomic mass is 10.1. The Morgan fingerprint density at radius 1 is 0.917 bits per heavy atom. The molecule has 0 radical (unpaired) electrons. The first-order valence-corrected chi connectivity index (χ1v) is 8.60. The van der Waals surface area contributed by atoms with Gasteiger partial charge in [0.2, 0.25) is 0 Å². The zero-order valence-corrected chi connectivity index (χ0v) is 14.2. The molecular weight excluding hydrogens is 303 g/mol. The molecule has 2 aromatic carbocycles. The summed E-state index contributed by atoms with van der Waals surface area (Å²) < 4.78 is 18.1. The van der Waals surface area contributed by atoms with Gasteiger partial charge >= 0.3 is 0 Å². The molecule has 0 bridgehead atoms. The molecule has 0 aliphatic carbocycles. The third-order valence-corrected chi connectivity index (χ3v) is 4.66. The van der Waals surface area contributed by atoms with Gasteiger partial charge in [-0.25, -0.2) is 4.39 Å². The molecule has 24 heavy (non-hydrogen) atoms. The van der Waals surface area contributed by atoms with E-state index < -0.39 is 0 Å². The van der Waals surface area contributed by atoms with Gasteiger partial charge in [0.15, 0.2) is 0 Å². The minimum Gasteiger partial charge on any atom is -0.497 e. The molecule has 3 rings (SSSR count). The molecule has 3 nitrogen and oxygen atoms in total. The maximum atomic E-state index is 12.9. The second-order valence-electron chi connectivity index (χ2n) is 6.26. The summed E-state index contributed by atoms with van der Waals surface area (Å²) in [5.74, 6) is 0.742. The maximum Gasteiger partial charge on any atom is 0.123 e. The van der Waals surface area contributed by atoms with E-state index in [0.717, 1.165) is 51.3 Å². The fourth-order valence-corrected chi connectivity index (χ4v) is 3.18. The highest BCUT2D eigenvalue weighted by Crippen LogP contribution is 2.20. The Hall–Kier alpha value is -2.07. The van der Waals surface area contributed by atoms with Crippen molar-refractivity contribution >= 4 is 5.69 Å². The van der Waals surface area contributed by atoms with E-state index in [1.165, 1.54) is 11.3 Å². The molecule has 0 unspecified atom stereocenters. The number of hydrogen-bond acceptors (Lipinski definition) is 3. The Labute approximate surface area is 143 Å². The van der Waals surface area contributed by atoms with E-state index in [9.17, 15) is 4.39 Å². The van der Waals surface area contributed by atoms with Crippen molar-refractivity contribution < 1.29 is 9.13 Å². The molecule has 1 saturated heterocycles. The van der Waals surface area contributed by atoms with Crippen molar-refractivity contribution in [1.29, 1.82) is 0 Å². The van der Waals surface area contributed by atoms with Crippen LogP contribution in [0.15, 0.2) is 48.5 Å². The molecule has 0 N–H and O–H groups in total. The SMILES string of the molecule is COc1ccc(N2CCN(CCCc3ccc(F)cc3)CC2)cc1. The zero-order valence-electron chi connectivity index (χ0n) is 14.2. The summed E-state index contributed by atoms with van der Waals surface area (Å²) in [5, 5.41) is 0. The van der Waals surface area contributed by atoms with Gasteiger partial charge in [0, 0.05) is 31.9 Å². The largest absolute Gasteiger partial charge is 0.497 e. The average molecular weight is 328 g/mol. The predicted molar refractivity (Wildman–Crippen MR) is 96.4 cm³/mol. The second kappa shape index (κ2) is 8.15. The van der Waals surface area contributed by atoms with Gasteiger partial charge in [-0.05, 0) is 61.3 Å². The number of halogens is 1. The lowest BCUT2D eigenvalue weighted by Gasteiger charge is -2.36. The third-order valence-electron chi connectivity index (χ3n) is 4.66. The Kier molecular flexibility index (Phi) is 5.70. The van der Waals surface area contributed by atoms with E-state index >= 15 is 0 Å². The number of ether oxygens (including phenoxy) is 1. The van der Waals surface area contributed by atoms with Gasteiger partial charge in [0.25, 0.3) is 0 Å². The molecule has 0 saturated carbocycles. The van der Waals surface area contributed by atoms with Gasteiger partial charge in [0.05, 0.1) is 7.11 Å². The summed E-state index contributed by atoms with van der Waals surface area (Å²) in [5.41, 5.74) is 2.48. The Balaban J connectivity index is 1.40. The highest BCUT2D eigenvalue weighted by Gasteiger charge is 2.16. The van der Waals surface area contributed by atoms with Crippen LogP contribution < -0.4 is 9.64 Å². The van der Waals surface area contributed by atoms with Crippen LogP contribution >= 0.6 is 0 Å². The lowest BCUT2D eigenvalue weighted by molar-refractivity contribution is 0.255. The Bertz CT molecular complexity index is 619. The summed E-state index contributed by atoms with van der Waals surface area (Å²) in [4.78, 5) is 4.94. The van der Waals surface area contributed by atoms with Gasteiger partial charge in [-0.1, -0.05) is 12.1 Å². The van der Waals surface area contributed by atoms with Crippen molar-refractivity contribution in [3.63, 3.8) is 0 Å². The fourth-order valence-electron chi connectivity index (χ4n) is 3.18. The van der Waals surface area contributed by atoms with Crippen molar-refractivity contribution in [3.8, 4) is 5.75 Å². The molecule has 1 fully saturated rings. The number of rotatable bonds is 6. The van der Waals surface area contributed by atoms with Crippen LogP contribution in [0.25, 0.3) is 0 Å². The van der Waals surface area contributed by atoms with E-state index in [4.69, 9.17) is 4.74 Å². The first kappa shape index (κ1) is 16.8. The van der Waals surface area contributed by atoms with Crippen LogP contribution in [-0.2, 0) is 6.42 Å². The number of benzene rings is 2. The molecule has 1 aliphatic rings. The van der Waals surface area contributed by atoms with Gasteiger partial charge < -0.3 is 9.64 Å². The molecule has 1 aliphatic heterocycles. The summed E-state index contributed by atoms with van der Waals surface area (Å²) in [6.45, 7) is 5.41. The maximum absolute atomic E-state index is 12.9. The summed E-state index contributed by atoms with van der Waals surface area (Å²) in [6.07, 6.45) is 2.13. The second-order valence-corrected chi connectivity index (χ2v) is 6.26. The Morgan fingerprint density at radius 2 is 1.58 bits per heavy atom. The zero-order chi connectivity index (χ0) is 16.8. The van der Waals surface area contributed by atoms with E-state index in [0.29, 0.717) is 0 Å². The predicted octanol–water partition coefficient (Wildman–Crippen LogP) is 3.59. The molecule has 0 aromatic heterocycles. The van der Waals surface area contributed by atoms with Crippen molar-refractivity contribution in [2.75, 3.05) is 44.7 Å². The Morgan fingerprint density at radius 3 is 2.21 bits per heavy atom. The van der Waals surface area contributed by atoms with Crippen LogP contribution in [0.4, 0.5) is 10.1 Å². The number of anilines is 1. The monoisotopic (exact) mass is 328 g/mol. The topological polar surface area (TPSA) is 15.7 Å². The molecule has 0 atom stereocenters. The molecular formula is C20H25FN2O. The molecule has 0 spiro atoms. The summed E-state index contributed by atoms with van der Waals surface area (Å²) >= 11 is 0. The van der Waals surface area contributed by atoms with Gasteiger partial charge in [0.1, 0.15) is 11.6 Å². The van der Waals surface area contributed by atoms with Crippen molar-refractivity contribution in [2.45, 2.75) is 12.8 Å². The van der Waals surface area contributed by atoms with Crippen LogP contribution in [-0.4, -0.2) is 44.7 Å². The number of methoxy groups -OCH3 is 1. The van der Waals surface area contributed by atoms with Crippen molar-refractivity contribution in [1.82, 2.24) is 4.90 Å². The van der Waals surface area contributed by atoms with Crippen LogP contribution in [0, 0.1) is 5.82 Å². The molecule has 1 heterocycles. The molecule has 4 heteroatoms. The van der Waals surface area contributed by atoms with E-state index in [1.807, 2.05) is 24.3 Å². The van der Waals surface area contributed by atoms with Gasteiger partial charge in [-0.2, -0.15) is 0 Å². The quantitative estimate of drug-likeness (QED) is 0.806. The van der Waals surface area contributed by atoms with Crippen LogP contribution in [0.3, 0.4) is 0 Å². The first-order valence-electron chi connectivity index (χ1n) is 8.60.